The van der Waals surface area contributed by atoms with Crippen LogP contribution in [0.4, 0.5) is 0 Å². The summed E-state index contributed by atoms with van der Waals surface area (Å²) in [5.41, 5.74) is 1.97. The van der Waals surface area contributed by atoms with Gasteiger partial charge in [-0.25, -0.2) is 8.42 Å². The van der Waals surface area contributed by atoms with Gasteiger partial charge in [-0.15, -0.1) is 11.3 Å². The van der Waals surface area contributed by atoms with Crippen LogP contribution in [-0.4, -0.2) is 60.6 Å². The molecule has 1 heterocycles. The fourth-order valence-electron chi connectivity index (χ4n) is 7.46. The van der Waals surface area contributed by atoms with E-state index in [9.17, 15) is 23.4 Å². The number of nitrogens with zero attached hydrogens (tertiary/aromatic N) is 1. The summed E-state index contributed by atoms with van der Waals surface area (Å²) in [6, 6.07) is 16.4. The molecule has 1 saturated carbocycles. The smallest absolute Gasteiger partial charge is 0.252 e. The number of ketones is 1. The van der Waals surface area contributed by atoms with Crippen LogP contribution in [0.2, 0.25) is 0 Å². The minimum atomic E-state index is -3.79. The number of benzene rings is 2. The summed E-state index contributed by atoms with van der Waals surface area (Å²) >= 11 is 1.19. The van der Waals surface area contributed by atoms with Gasteiger partial charge in [0.05, 0.1) is 18.8 Å². The quantitative estimate of drug-likeness (QED) is 0.186. The lowest BCUT2D eigenvalue weighted by Crippen LogP contribution is -2.53. The van der Waals surface area contributed by atoms with Crippen LogP contribution in [0.5, 0.6) is 5.75 Å². The van der Waals surface area contributed by atoms with Crippen LogP contribution in [0.3, 0.4) is 0 Å². The molecule has 248 valence electrons. The average molecular weight is 666 g/mol. The predicted octanol–water partition coefficient (Wildman–Crippen LogP) is 7.13. The first kappa shape index (κ1) is 34.5. The fraction of sp³-hybridized carbons (Fsp3) is 0.486. The zero-order chi connectivity index (χ0) is 33.1. The normalized spacial score (nSPS) is 25.6. The first-order valence-electron chi connectivity index (χ1n) is 16.3. The second kappa shape index (κ2) is 14.1. The molecule has 1 aromatic heterocycles. The van der Waals surface area contributed by atoms with Crippen molar-refractivity contribution in [1.29, 1.82) is 0 Å². The maximum atomic E-state index is 14.2. The number of aliphatic hydroxyl groups excluding tert-OH is 1. The highest BCUT2D eigenvalue weighted by molar-refractivity contribution is 7.91. The largest absolute Gasteiger partial charge is 0.497 e. The molecule has 3 aliphatic rings. The summed E-state index contributed by atoms with van der Waals surface area (Å²) in [7, 11) is -2.21. The summed E-state index contributed by atoms with van der Waals surface area (Å²) in [6.45, 7) is 6.41. The van der Waals surface area contributed by atoms with Gasteiger partial charge in [0.1, 0.15) is 9.96 Å². The van der Waals surface area contributed by atoms with Crippen LogP contribution in [0.15, 0.2) is 75.8 Å². The summed E-state index contributed by atoms with van der Waals surface area (Å²) in [5.74, 6) is 0.342. The molecule has 2 aromatic carbocycles. The highest BCUT2D eigenvalue weighted by atomic mass is 32.2. The van der Waals surface area contributed by atoms with E-state index in [0.717, 1.165) is 17.5 Å². The van der Waals surface area contributed by atoms with Crippen LogP contribution in [-0.2, 0) is 16.4 Å². The minimum absolute atomic E-state index is 0.0111. The Hall–Kier alpha value is -2.82. The molecule has 2 bridgehead atoms. The average Bonchev–Trinajstić information content (AvgIpc) is 3.67. The number of carbonyl (C=O) groups excluding carboxylic acids is 1. The van der Waals surface area contributed by atoms with Crippen molar-refractivity contribution in [3.8, 4) is 5.75 Å². The van der Waals surface area contributed by atoms with Gasteiger partial charge in [-0.05, 0) is 117 Å². The summed E-state index contributed by atoms with van der Waals surface area (Å²) in [5, 5.41) is 25.4. The SMILES string of the molecule is CCCN(C[C@]1(O)CC[C@H]2c3ccc(cc3C(=O)c3ccc(OC)cc3)C[C@@H](O)CCC(C)=CCC[C@@]21C)S(=O)(=O)c1cccs1. The van der Waals surface area contributed by atoms with E-state index in [1.807, 2.05) is 25.1 Å². The monoisotopic (exact) mass is 665 g/mol. The van der Waals surface area contributed by atoms with Crippen molar-refractivity contribution in [3.63, 3.8) is 0 Å². The molecular formula is C37H47NO6S2. The number of ether oxygens (including phenoxy) is 1. The van der Waals surface area contributed by atoms with E-state index in [1.165, 1.54) is 21.2 Å². The Morgan fingerprint density at radius 3 is 2.54 bits per heavy atom. The molecule has 1 fully saturated rings. The number of hydrogen-bond donors (Lipinski definition) is 2. The Morgan fingerprint density at radius 2 is 1.87 bits per heavy atom. The van der Waals surface area contributed by atoms with Crippen molar-refractivity contribution in [3.05, 3.63) is 93.9 Å². The predicted molar refractivity (Wildman–Crippen MR) is 183 cm³/mol. The topological polar surface area (TPSA) is 104 Å². The molecule has 6 rings (SSSR count). The van der Waals surface area contributed by atoms with E-state index in [2.05, 4.69) is 19.9 Å². The molecule has 9 heteroatoms. The number of allylic oxidation sites excluding steroid dienone is 2. The number of hydrogen-bond acceptors (Lipinski definition) is 7. The molecule has 2 N–H and O–H groups in total. The van der Waals surface area contributed by atoms with Crippen molar-refractivity contribution < 1.29 is 28.2 Å². The highest BCUT2D eigenvalue weighted by Crippen LogP contribution is 2.59. The first-order chi connectivity index (χ1) is 21.9. The van der Waals surface area contributed by atoms with Crippen molar-refractivity contribution in [2.24, 2.45) is 5.41 Å². The van der Waals surface area contributed by atoms with Crippen LogP contribution in [0, 0.1) is 5.41 Å². The lowest BCUT2D eigenvalue weighted by Gasteiger charge is -2.46. The molecule has 4 atom stereocenters. The Labute approximate surface area is 278 Å². The number of aliphatic hydroxyl groups is 2. The lowest BCUT2D eigenvalue weighted by atomic mass is 9.64. The standard InChI is InChI=1S/C37H47NO6S2/c1-5-21-38(46(42,43)34-9-7-22-45-34)25-37(41)20-18-33-31-17-11-27(23-29(39)14-10-26(2)8-6-19-36(33,37)3)24-32(31)35(40)28-12-15-30(44-4)16-13-28/h7-9,11-13,15-17,22,24,29,33,39,41H,5-6,10,14,18-21,23,25H2,1-4H3/t29-,33-,36-,37+/m0/s1. The van der Waals surface area contributed by atoms with Gasteiger partial charge in [0.25, 0.3) is 10.0 Å². The van der Waals surface area contributed by atoms with Gasteiger partial charge in [-0.2, -0.15) is 4.31 Å². The van der Waals surface area contributed by atoms with Crippen LogP contribution < -0.4 is 4.74 Å². The molecular weight excluding hydrogens is 619 g/mol. The number of methoxy groups -OCH3 is 1. The van der Waals surface area contributed by atoms with E-state index in [0.29, 0.717) is 68.4 Å². The number of rotatable bonds is 9. The molecule has 0 spiro atoms. The zero-order valence-corrected chi connectivity index (χ0v) is 29.0. The van der Waals surface area contributed by atoms with Gasteiger partial charge in [0.2, 0.25) is 0 Å². The van der Waals surface area contributed by atoms with Crippen molar-refractivity contribution >= 4 is 27.1 Å². The number of thiophene rings is 1. The third-order valence-electron chi connectivity index (χ3n) is 10.3. The molecule has 3 aromatic rings. The highest BCUT2D eigenvalue weighted by Gasteiger charge is 2.58. The van der Waals surface area contributed by atoms with E-state index in [4.69, 9.17) is 4.74 Å². The van der Waals surface area contributed by atoms with E-state index in [-0.39, 0.29) is 22.5 Å². The number of sulfonamides is 1. The molecule has 0 radical (unpaired) electrons. The molecule has 0 aliphatic heterocycles. The molecule has 3 aliphatic carbocycles. The maximum Gasteiger partial charge on any atom is 0.252 e. The molecule has 46 heavy (non-hydrogen) atoms. The van der Waals surface area contributed by atoms with Crippen LogP contribution in [0.25, 0.3) is 0 Å². The molecule has 7 nitrogen and oxygen atoms in total. The summed E-state index contributed by atoms with van der Waals surface area (Å²) in [6.07, 6.45) is 6.42. The van der Waals surface area contributed by atoms with Crippen molar-refractivity contribution in [1.82, 2.24) is 4.31 Å². The minimum Gasteiger partial charge on any atom is -0.497 e. The third kappa shape index (κ3) is 6.90. The lowest BCUT2D eigenvalue weighted by molar-refractivity contribution is -0.0723. The Morgan fingerprint density at radius 1 is 1.11 bits per heavy atom. The number of fused-ring (bicyclic) bond motifs is 8. The van der Waals surface area contributed by atoms with Gasteiger partial charge < -0.3 is 14.9 Å². The summed E-state index contributed by atoms with van der Waals surface area (Å²) in [4.78, 5) is 14.2. The Balaban J connectivity index is 1.61. The summed E-state index contributed by atoms with van der Waals surface area (Å²) < 4.78 is 34.7. The number of carbonyl (C=O) groups is 1. The molecule has 0 unspecified atom stereocenters. The Kier molecular flexibility index (Phi) is 10.6. The fourth-order valence-corrected chi connectivity index (χ4v) is 10.2. The molecule has 0 saturated heterocycles. The zero-order valence-electron chi connectivity index (χ0n) is 27.4. The van der Waals surface area contributed by atoms with E-state index >= 15 is 0 Å². The van der Waals surface area contributed by atoms with Gasteiger partial charge >= 0.3 is 0 Å². The van der Waals surface area contributed by atoms with Crippen molar-refractivity contribution in [2.45, 2.75) is 94.0 Å². The van der Waals surface area contributed by atoms with E-state index < -0.39 is 27.1 Å². The first-order valence-corrected chi connectivity index (χ1v) is 18.6. The van der Waals surface area contributed by atoms with Crippen LogP contribution >= 0.6 is 11.3 Å². The van der Waals surface area contributed by atoms with Crippen LogP contribution in [0.1, 0.15) is 98.7 Å². The van der Waals surface area contributed by atoms with Gasteiger partial charge in [0.15, 0.2) is 5.78 Å². The molecule has 0 amide bonds. The van der Waals surface area contributed by atoms with Crippen molar-refractivity contribution in [2.75, 3.05) is 20.2 Å². The van der Waals surface area contributed by atoms with Gasteiger partial charge in [-0.1, -0.05) is 43.7 Å². The second-order valence-electron chi connectivity index (χ2n) is 13.3. The second-order valence-corrected chi connectivity index (χ2v) is 16.4. The maximum absolute atomic E-state index is 14.2. The van der Waals surface area contributed by atoms with E-state index in [1.54, 1.807) is 48.9 Å². The Bertz CT molecular complexity index is 1650. The third-order valence-corrected chi connectivity index (χ3v) is 13.5. The van der Waals surface area contributed by atoms with Gasteiger partial charge in [-0.3, -0.25) is 4.79 Å². The van der Waals surface area contributed by atoms with Gasteiger partial charge in [0, 0.05) is 29.6 Å².